The quantitative estimate of drug-likeness (QED) is 0.719. The third-order valence-corrected chi connectivity index (χ3v) is 5.62. The largest absolute Gasteiger partial charge is 0.370 e. The molecule has 3 aromatic rings. The normalized spacial score (nSPS) is 18.2. The van der Waals surface area contributed by atoms with Crippen LogP contribution < -0.4 is 0 Å². The molecule has 0 saturated carbocycles. The number of ether oxygens (including phenoxy) is 1. The standard InChI is InChI=1S/C18H19N3O2S/c1-12-14-10-16(24-18(14)20(2)19-12)17(22)21-8-9-23-15(11-21)13-6-4-3-5-7-13/h3-7,10,15H,8-9,11H2,1-2H3. The number of aromatic nitrogens is 2. The number of benzene rings is 1. The van der Waals surface area contributed by atoms with Gasteiger partial charge < -0.3 is 9.64 Å². The van der Waals surface area contributed by atoms with E-state index in [1.165, 1.54) is 11.3 Å². The van der Waals surface area contributed by atoms with Gasteiger partial charge in [-0.05, 0) is 18.6 Å². The summed E-state index contributed by atoms with van der Waals surface area (Å²) in [6, 6.07) is 12.1. The number of hydrogen-bond donors (Lipinski definition) is 0. The maximum Gasteiger partial charge on any atom is 0.264 e. The first-order valence-electron chi connectivity index (χ1n) is 8.02. The van der Waals surface area contributed by atoms with E-state index in [1.807, 2.05) is 60.0 Å². The predicted molar refractivity (Wildman–Crippen MR) is 94.4 cm³/mol. The fraction of sp³-hybridized carbons (Fsp3) is 0.333. The number of nitrogens with zero attached hydrogens (tertiary/aromatic N) is 3. The summed E-state index contributed by atoms with van der Waals surface area (Å²) in [5, 5.41) is 5.47. The molecule has 4 rings (SSSR count). The number of carbonyl (C=O) groups is 1. The molecule has 1 aliphatic rings. The van der Waals surface area contributed by atoms with E-state index in [-0.39, 0.29) is 12.0 Å². The van der Waals surface area contributed by atoms with E-state index in [9.17, 15) is 4.79 Å². The van der Waals surface area contributed by atoms with Crippen LogP contribution in [0, 0.1) is 6.92 Å². The fourth-order valence-electron chi connectivity index (χ4n) is 3.17. The van der Waals surface area contributed by atoms with E-state index in [1.54, 1.807) is 0 Å². The Bertz CT molecular complexity index is 850. The Hall–Kier alpha value is -2.18. The second-order valence-corrected chi connectivity index (χ2v) is 7.09. The van der Waals surface area contributed by atoms with Crippen LogP contribution in [0.25, 0.3) is 10.2 Å². The lowest BCUT2D eigenvalue weighted by molar-refractivity contribution is -0.0226. The van der Waals surface area contributed by atoms with Crippen molar-refractivity contribution < 1.29 is 9.53 Å². The summed E-state index contributed by atoms with van der Waals surface area (Å²) in [6.07, 6.45) is -0.0540. The summed E-state index contributed by atoms with van der Waals surface area (Å²) < 4.78 is 7.70. The van der Waals surface area contributed by atoms with Crippen LogP contribution in [0.15, 0.2) is 36.4 Å². The van der Waals surface area contributed by atoms with E-state index in [0.717, 1.165) is 26.4 Å². The molecule has 1 fully saturated rings. The average molecular weight is 341 g/mol. The first-order chi connectivity index (χ1) is 11.6. The molecule has 1 amide bonds. The monoisotopic (exact) mass is 341 g/mol. The van der Waals surface area contributed by atoms with Gasteiger partial charge in [-0.15, -0.1) is 11.3 Å². The van der Waals surface area contributed by atoms with Crippen LogP contribution in [0.3, 0.4) is 0 Å². The number of carbonyl (C=O) groups excluding carboxylic acids is 1. The van der Waals surface area contributed by atoms with Gasteiger partial charge in [0.2, 0.25) is 0 Å². The Morgan fingerprint density at radius 1 is 1.33 bits per heavy atom. The molecule has 0 bridgehead atoms. The van der Waals surface area contributed by atoms with Gasteiger partial charge in [-0.2, -0.15) is 5.10 Å². The van der Waals surface area contributed by atoms with Gasteiger partial charge in [0, 0.05) is 19.0 Å². The van der Waals surface area contributed by atoms with Gasteiger partial charge in [0.15, 0.2) is 0 Å². The zero-order valence-electron chi connectivity index (χ0n) is 13.7. The number of hydrogen-bond acceptors (Lipinski definition) is 4. The SMILES string of the molecule is Cc1nn(C)c2sc(C(=O)N3CCOC(c4ccccc4)C3)cc12. The number of rotatable bonds is 2. The second-order valence-electron chi connectivity index (χ2n) is 6.06. The lowest BCUT2D eigenvalue weighted by atomic mass is 10.1. The first-order valence-corrected chi connectivity index (χ1v) is 8.84. The summed E-state index contributed by atoms with van der Waals surface area (Å²) in [4.78, 5) is 16.6. The van der Waals surface area contributed by atoms with Crippen LogP contribution in [-0.2, 0) is 11.8 Å². The van der Waals surface area contributed by atoms with Crippen LogP contribution >= 0.6 is 11.3 Å². The Morgan fingerprint density at radius 2 is 2.12 bits per heavy atom. The van der Waals surface area contributed by atoms with Crippen molar-refractivity contribution in [1.29, 1.82) is 0 Å². The van der Waals surface area contributed by atoms with Crippen molar-refractivity contribution >= 4 is 27.5 Å². The molecule has 1 unspecified atom stereocenters. The first kappa shape index (κ1) is 15.4. The smallest absolute Gasteiger partial charge is 0.264 e. The van der Waals surface area contributed by atoms with Gasteiger partial charge in [0.25, 0.3) is 5.91 Å². The highest BCUT2D eigenvalue weighted by atomic mass is 32.1. The number of thiophene rings is 1. The Labute approximate surface area is 144 Å². The summed E-state index contributed by atoms with van der Waals surface area (Å²) >= 11 is 1.51. The highest BCUT2D eigenvalue weighted by Gasteiger charge is 2.27. The molecule has 24 heavy (non-hydrogen) atoms. The molecule has 3 heterocycles. The van der Waals surface area contributed by atoms with Gasteiger partial charge in [-0.3, -0.25) is 9.48 Å². The third-order valence-electron chi connectivity index (χ3n) is 4.43. The summed E-state index contributed by atoms with van der Waals surface area (Å²) in [6.45, 7) is 3.77. The van der Waals surface area contributed by atoms with Gasteiger partial charge in [-0.25, -0.2) is 0 Å². The van der Waals surface area contributed by atoms with Crippen molar-refractivity contribution in [3.63, 3.8) is 0 Å². The maximum atomic E-state index is 12.9. The molecule has 1 atom stereocenters. The van der Waals surface area contributed by atoms with Crippen molar-refractivity contribution in [2.45, 2.75) is 13.0 Å². The second kappa shape index (κ2) is 6.03. The number of fused-ring (bicyclic) bond motifs is 1. The zero-order chi connectivity index (χ0) is 16.7. The molecule has 124 valence electrons. The molecule has 0 N–H and O–H groups in total. The molecule has 1 aliphatic heterocycles. The van der Waals surface area contributed by atoms with E-state index in [2.05, 4.69) is 5.10 Å². The molecule has 1 saturated heterocycles. The average Bonchev–Trinajstić information content (AvgIpc) is 3.17. The minimum Gasteiger partial charge on any atom is -0.370 e. The highest BCUT2D eigenvalue weighted by Crippen LogP contribution is 2.30. The molecular formula is C18H19N3O2S. The topological polar surface area (TPSA) is 47.4 Å². The molecule has 5 nitrogen and oxygen atoms in total. The van der Waals surface area contributed by atoms with Gasteiger partial charge in [0.05, 0.1) is 23.7 Å². The van der Waals surface area contributed by atoms with Gasteiger partial charge >= 0.3 is 0 Å². The van der Waals surface area contributed by atoms with Crippen LogP contribution in [0.4, 0.5) is 0 Å². The van der Waals surface area contributed by atoms with Crippen LogP contribution in [0.1, 0.15) is 27.0 Å². The molecule has 1 aromatic carbocycles. The van der Waals surface area contributed by atoms with Gasteiger partial charge in [0.1, 0.15) is 10.9 Å². The number of amides is 1. The minimum atomic E-state index is -0.0540. The van der Waals surface area contributed by atoms with Crippen molar-refractivity contribution in [1.82, 2.24) is 14.7 Å². The fourth-order valence-corrected chi connectivity index (χ4v) is 4.26. The Kier molecular flexibility index (Phi) is 3.86. The lowest BCUT2D eigenvalue weighted by Crippen LogP contribution is -2.42. The summed E-state index contributed by atoms with van der Waals surface area (Å²) in [5.41, 5.74) is 2.08. The van der Waals surface area contributed by atoms with E-state index in [0.29, 0.717) is 19.7 Å². The predicted octanol–water partition coefficient (Wildman–Crippen LogP) is 3.16. The molecule has 6 heteroatoms. The van der Waals surface area contributed by atoms with E-state index in [4.69, 9.17) is 4.74 Å². The van der Waals surface area contributed by atoms with Crippen LogP contribution in [0.5, 0.6) is 0 Å². The molecule has 2 aromatic heterocycles. The maximum absolute atomic E-state index is 12.9. The molecular weight excluding hydrogens is 322 g/mol. The van der Waals surface area contributed by atoms with E-state index < -0.39 is 0 Å². The van der Waals surface area contributed by atoms with Crippen LogP contribution in [-0.4, -0.2) is 40.3 Å². The minimum absolute atomic E-state index is 0.0540. The van der Waals surface area contributed by atoms with Crippen molar-refractivity contribution in [3.8, 4) is 0 Å². The van der Waals surface area contributed by atoms with E-state index >= 15 is 0 Å². The summed E-state index contributed by atoms with van der Waals surface area (Å²) in [5.74, 6) is 0.0832. The van der Waals surface area contributed by atoms with Crippen molar-refractivity contribution in [2.24, 2.45) is 7.05 Å². The Morgan fingerprint density at radius 3 is 2.88 bits per heavy atom. The zero-order valence-corrected chi connectivity index (χ0v) is 14.5. The number of aryl methyl sites for hydroxylation is 2. The molecule has 0 radical (unpaired) electrons. The van der Waals surface area contributed by atoms with Gasteiger partial charge in [-0.1, -0.05) is 30.3 Å². The number of morpholine rings is 1. The molecule has 0 aliphatic carbocycles. The van der Waals surface area contributed by atoms with Crippen molar-refractivity contribution in [3.05, 3.63) is 52.5 Å². The highest BCUT2D eigenvalue weighted by molar-refractivity contribution is 7.20. The third kappa shape index (κ3) is 2.61. The van der Waals surface area contributed by atoms with Crippen molar-refractivity contribution in [2.75, 3.05) is 19.7 Å². The summed E-state index contributed by atoms with van der Waals surface area (Å²) in [7, 11) is 1.92. The molecule has 0 spiro atoms. The van der Waals surface area contributed by atoms with Crippen LogP contribution in [0.2, 0.25) is 0 Å². The Balaban J connectivity index is 1.57. The lowest BCUT2D eigenvalue weighted by Gasteiger charge is -2.33.